The zero-order valence-electron chi connectivity index (χ0n) is 19.9. The van der Waals surface area contributed by atoms with E-state index in [2.05, 4.69) is 45.3 Å². The summed E-state index contributed by atoms with van der Waals surface area (Å²) in [6, 6.07) is 49.4. The van der Waals surface area contributed by atoms with Crippen LogP contribution < -0.4 is 0 Å². The quantitative estimate of drug-likeness (QED) is 0.184. The van der Waals surface area contributed by atoms with Crippen LogP contribution in [0.3, 0.4) is 0 Å². The number of nitrogens with zero attached hydrogens (tertiary/aromatic N) is 3. The Hall–Kier alpha value is -4.24. The molecule has 0 aliphatic carbocycles. The molecule has 3 aromatic heterocycles. The first-order valence-electron chi connectivity index (χ1n) is 11.6. The number of pyridine rings is 3. The summed E-state index contributed by atoms with van der Waals surface area (Å²) in [6.45, 7) is 0. The van der Waals surface area contributed by atoms with Crippen molar-refractivity contribution in [1.82, 2.24) is 15.0 Å². The fourth-order valence-corrected chi connectivity index (χ4v) is 3.65. The number of rotatable bonds is 4. The minimum atomic E-state index is 0. The molecule has 0 radical (unpaired) electrons. The van der Waals surface area contributed by atoms with Gasteiger partial charge in [0.1, 0.15) is 0 Å². The standard InChI is InChI=1S/C18H11.C15H11N3.Ir/c1-3-8-15(9-4-1)17-12-7-13-18(14-17)16-10-5-2-6-11-16;1-3-10-16-12(6-1)14-8-5-9-15(18-14)13-7-2-4-11-17-13;/h1-8,10,12-13H;1-11H;/q-3;;+3. The van der Waals surface area contributed by atoms with Crippen LogP contribution in [0.2, 0.25) is 0 Å². The largest absolute Gasteiger partial charge is 3.00 e. The van der Waals surface area contributed by atoms with Crippen molar-refractivity contribution in [3.8, 4) is 45.0 Å². The summed E-state index contributed by atoms with van der Waals surface area (Å²) >= 11 is 0. The van der Waals surface area contributed by atoms with Crippen LogP contribution in [0.4, 0.5) is 0 Å². The molecule has 3 aromatic carbocycles. The summed E-state index contributed by atoms with van der Waals surface area (Å²) in [7, 11) is 0. The fourth-order valence-electron chi connectivity index (χ4n) is 3.65. The van der Waals surface area contributed by atoms with Crippen LogP contribution in [-0.2, 0) is 20.1 Å². The molecule has 0 bridgehead atoms. The molecule has 37 heavy (non-hydrogen) atoms. The summed E-state index contributed by atoms with van der Waals surface area (Å²) < 4.78 is 0. The first kappa shape index (κ1) is 25.8. The van der Waals surface area contributed by atoms with Gasteiger partial charge in [0.2, 0.25) is 0 Å². The number of benzene rings is 3. The van der Waals surface area contributed by atoms with Crippen molar-refractivity contribution in [2.45, 2.75) is 0 Å². The Labute approximate surface area is 231 Å². The first-order valence-corrected chi connectivity index (χ1v) is 11.6. The van der Waals surface area contributed by atoms with Gasteiger partial charge < -0.3 is 0 Å². The van der Waals surface area contributed by atoms with Gasteiger partial charge in [-0.1, -0.05) is 18.2 Å². The first-order chi connectivity index (χ1) is 17.9. The van der Waals surface area contributed by atoms with Crippen LogP contribution >= 0.6 is 0 Å². The average molecular weight is 653 g/mol. The molecule has 6 rings (SSSR count). The Kier molecular flexibility index (Phi) is 9.20. The SMILES string of the molecule is [Ir+3].[c-]1ccccc1-c1[c-]c(-c2[c-]cccc2)ccc1.c1ccc(-c2cccc(-c3ccccn3)n2)nc1. The third-order valence-electron chi connectivity index (χ3n) is 5.40. The van der Waals surface area contributed by atoms with Gasteiger partial charge in [-0.2, -0.15) is 60.7 Å². The zero-order chi connectivity index (χ0) is 24.4. The zero-order valence-corrected chi connectivity index (χ0v) is 22.3. The van der Waals surface area contributed by atoms with Gasteiger partial charge in [-0.15, -0.1) is 18.2 Å². The second kappa shape index (κ2) is 13.2. The summed E-state index contributed by atoms with van der Waals surface area (Å²) in [6.07, 6.45) is 3.54. The van der Waals surface area contributed by atoms with Crippen molar-refractivity contribution in [1.29, 1.82) is 0 Å². The van der Waals surface area contributed by atoms with Crippen LogP contribution in [-0.4, -0.2) is 15.0 Å². The fraction of sp³-hybridized carbons (Fsp3) is 0. The van der Waals surface area contributed by atoms with E-state index in [-0.39, 0.29) is 20.1 Å². The molecule has 0 fully saturated rings. The van der Waals surface area contributed by atoms with E-state index in [0.29, 0.717) is 0 Å². The van der Waals surface area contributed by atoms with Gasteiger partial charge in [0.05, 0.1) is 22.8 Å². The molecule has 0 saturated heterocycles. The van der Waals surface area contributed by atoms with E-state index < -0.39 is 0 Å². The smallest absolute Gasteiger partial charge is 0.255 e. The van der Waals surface area contributed by atoms with E-state index in [1.165, 1.54) is 0 Å². The van der Waals surface area contributed by atoms with Gasteiger partial charge in [0.15, 0.2) is 0 Å². The Balaban J connectivity index is 0.000000168. The molecule has 0 saturated carbocycles. The van der Waals surface area contributed by atoms with E-state index in [9.17, 15) is 0 Å². The number of aromatic nitrogens is 3. The normalized spacial score (nSPS) is 9.95. The molecule has 0 amide bonds. The van der Waals surface area contributed by atoms with Crippen molar-refractivity contribution in [2.24, 2.45) is 0 Å². The predicted octanol–water partition coefficient (Wildman–Crippen LogP) is 7.62. The maximum atomic E-state index is 4.59. The van der Waals surface area contributed by atoms with Gasteiger partial charge in [-0.05, 0) is 36.4 Å². The van der Waals surface area contributed by atoms with Crippen LogP contribution in [0.15, 0.2) is 134 Å². The van der Waals surface area contributed by atoms with Gasteiger partial charge in [0, 0.05) is 12.4 Å². The molecular weight excluding hydrogens is 631 g/mol. The molecule has 0 aliphatic rings. The Morgan fingerprint density at radius 3 is 1.27 bits per heavy atom. The molecular formula is C33H22IrN3. The second-order valence-electron chi connectivity index (χ2n) is 7.87. The van der Waals surface area contributed by atoms with E-state index in [1.807, 2.05) is 109 Å². The predicted molar refractivity (Wildman–Crippen MR) is 145 cm³/mol. The Bertz CT molecular complexity index is 1280. The van der Waals surface area contributed by atoms with Crippen molar-refractivity contribution < 1.29 is 20.1 Å². The molecule has 0 atom stereocenters. The minimum absolute atomic E-state index is 0. The average Bonchev–Trinajstić information content (AvgIpc) is 2.99. The molecule has 178 valence electrons. The summed E-state index contributed by atoms with van der Waals surface area (Å²) in [5.74, 6) is 0. The maximum Gasteiger partial charge on any atom is 3.00 e. The molecule has 0 unspecified atom stereocenters. The van der Waals surface area contributed by atoms with Crippen LogP contribution in [0, 0.1) is 18.2 Å². The van der Waals surface area contributed by atoms with Gasteiger partial charge in [-0.3, -0.25) is 9.97 Å². The molecule has 3 heterocycles. The maximum absolute atomic E-state index is 4.59. The topological polar surface area (TPSA) is 38.7 Å². The summed E-state index contributed by atoms with van der Waals surface area (Å²) in [4.78, 5) is 13.2. The summed E-state index contributed by atoms with van der Waals surface area (Å²) in [5.41, 5.74) is 7.71. The van der Waals surface area contributed by atoms with Gasteiger partial charge >= 0.3 is 20.1 Å². The van der Waals surface area contributed by atoms with E-state index in [4.69, 9.17) is 0 Å². The molecule has 6 aromatic rings. The Morgan fingerprint density at radius 2 is 0.838 bits per heavy atom. The molecule has 0 N–H and O–H groups in total. The van der Waals surface area contributed by atoms with Crippen molar-refractivity contribution in [3.63, 3.8) is 0 Å². The molecule has 0 aliphatic heterocycles. The van der Waals surface area contributed by atoms with Gasteiger partial charge in [0.25, 0.3) is 0 Å². The molecule has 3 nitrogen and oxygen atoms in total. The van der Waals surface area contributed by atoms with Crippen molar-refractivity contribution >= 4 is 0 Å². The summed E-state index contributed by atoms with van der Waals surface area (Å²) in [5, 5.41) is 0. The van der Waals surface area contributed by atoms with E-state index in [0.717, 1.165) is 45.0 Å². The van der Waals surface area contributed by atoms with E-state index >= 15 is 0 Å². The van der Waals surface area contributed by atoms with Crippen LogP contribution in [0.1, 0.15) is 0 Å². The third-order valence-corrected chi connectivity index (χ3v) is 5.40. The number of hydrogen-bond acceptors (Lipinski definition) is 3. The van der Waals surface area contributed by atoms with Crippen LogP contribution in [0.5, 0.6) is 0 Å². The Morgan fingerprint density at radius 1 is 0.405 bits per heavy atom. The van der Waals surface area contributed by atoms with Crippen LogP contribution in [0.25, 0.3) is 45.0 Å². The second-order valence-corrected chi connectivity index (χ2v) is 7.87. The number of hydrogen-bond donors (Lipinski definition) is 0. The molecule has 0 spiro atoms. The van der Waals surface area contributed by atoms with Crippen molar-refractivity contribution in [3.05, 3.63) is 152 Å². The monoisotopic (exact) mass is 653 g/mol. The minimum Gasteiger partial charge on any atom is -0.255 e. The van der Waals surface area contributed by atoms with Gasteiger partial charge in [-0.25, -0.2) is 33.3 Å². The van der Waals surface area contributed by atoms with E-state index in [1.54, 1.807) is 12.4 Å². The molecule has 4 heteroatoms. The van der Waals surface area contributed by atoms with Crippen molar-refractivity contribution in [2.75, 3.05) is 0 Å². The third kappa shape index (κ3) is 6.92.